The minimum absolute atomic E-state index is 0.0916. The molecule has 0 radical (unpaired) electrons. The molecule has 6 nitrogen and oxygen atoms in total. The first-order valence-corrected chi connectivity index (χ1v) is 11.2. The fourth-order valence-corrected chi connectivity index (χ4v) is 4.81. The number of likely N-dealkylation sites (N-methyl/N-ethyl adjacent to an activating group) is 1. The van der Waals surface area contributed by atoms with E-state index in [4.69, 9.17) is 9.72 Å². The van der Waals surface area contributed by atoms with Crippen molar-refractivity contribution in [1.29, 1.82) is 0 Å². The van der Waals surface area contributed by atoms with Crippen molar-refractivity contribution in [3.05, 3.63) is 54.5 Å². The van der Waals surface area contributed by atoms with Gasteiger partial charge in [0.05, 0.1) is 11.9 Å². The first-order valence-electron chi connectivity index (χ1n) is 11.2. The van der Waals surface area contributed by atoms with Crippen LogP contribution >= 0.6 is 0 Å². The van der Waals surface area contributed by atoms with E-state index in [2.05, 4.69) is 59.4 Å². The third kappa shape index (κ3) is 3.86. The lowest BCUT2D eigenvalue weighted by atomic mass is 9.93. The van der Waals surface area contributed by atoms with Crippen LogP contribution < -0.4 is 0 Å². The summed E-state index contributed by atoms with van der Waals surface area (Å²) in [6.07, 6.45) is 4.73. The minimum Gasteiger partial charge on any atom is -0.365 e. The summed E-state index contributed by atoms with van der Waals surface area (Å²) in [6.45, 7) is 4.91. The van der Waals surface area contributed by atoms with E-state index in [-0.39, 0.29) is 11.9 Å². The predicted molar refractivity (Wildman–Crippen MR) is 122 cm³/mol. The molecule has 31 heavy (non-hydrogen) atoms. The molecule has 6 heteroatoms. The Hall–Kier alpha value is -2.70. The lowest BCUT2D eigenvalue weighted by molar-refractivity contribution is -0.167. The normalized spacial score (nSPS) is 25.1. The zero-order valence-electron chi connectivity index (χ0n) is 18.3. The quantitative estimate of drug-likeness (QED) is 0.698. The Balaban J connectivity index is 1.44. The molecule has 162 valence electrons. The van der Waals surface area contributed by atoms with Crippen molar-refractivity contribution in [1.82, 2.24) is 19.8 Å². The van der Waals surface area contributed by atoms with E-state index < -0.39 is 5.60 Å². The summed E-state index contributed by atoms with van der Waals surface area (Å²) in [7, 11) is 2.10. The van der Waals surface area contributed by atoms with E-state index in [0.717, 1.165) is 49.4 Å². The van der Waals surface area contributed by atoms with Crippen LogP contribution in [0.3, 0.4) is 0 Å². The SMILES string of the molecule is CN1CCN(C(=O)C2(C)CCCCO2)C(c2ncc(-c3ccc4ccccc4c3)[nH]2)C1. The second-order valence-corrected chi connectivity index (χ2v) is 9.06. The van der Waals surface area contributed by atoms with Crippen LogP contribution in [-0.4, -0.2) is 64.6 Å². The molecular formula is C25H30N4O2. The van der Waals surface area contributed by atoms with E-state index in [1.807, 2.05) is 18.0 Å². The number of ether oxygens (including phenoxy) is 1. The van der Waals surface area contributed by atoms with Crippen LogP contribution in [0.1, 0.15) is 38.1 Å². The van der Waals surface area contributed by atoms with Gasteiger partial charge < -0.3 is 19.5 Å². The summed E-state index contributed by atoms with van der Waals surface area (Å²) in [5.41, 5.74) is 1.35. The zero-order chi connectivity index (χ0) is 21.4. The number of imidazole rings is 1. The van der Waals surface area contributed by atoms with Gasteiger partial charge in [0.15, 0.2) is 0 Å². The van der Waals surface area contributed by atoms with Gasteiger partial charge in [0.1, 0.15) is 17.5 Å². The number of hydrogen-bond donors (Lipinski definition) is 1. The molecule has 2 unspecified atom stereocenters. The van der Waals surface area contributed by atoms with E-state index in [9.17, 15) is 4.79 Å². The minimum atomic E-state index is -0.722. The highest BCUT2D eigenvalue weighted by molar-refractivity contribution is 5.87. The van der Waals surface area contributed by atoms with Gasteiger partial charge in [-0.1, -0.05) is 36.4 Å². The Morgan fingerprint density at radius 3 is 2.81 bits per heavy atom. The summed E-state index contributed by atoms with van der Waals surface area (Å²) in [5, 5.41) is 2.42. The van der Waals surface area contributed by atoms with E-state index in [1.54, 1.807) is 0 Å². The number of hydrogen-bond acceptors (Lipinski definition) is 4. The lowest BCUT2D eigenvalue weighted by Crippen LogP contribution is -2.57. The van der Waals surface area contributed by atoms with Gasteiger partial charge in [-0.25, -0.2) is 4.98 Å². The van der Waals surface area contributed by atoms with Gasteiger partial charge in [-0.15, -0.1) is 0 Å². The van der Waals surface area contributed by atoms with Crippen molar-refractivity contribution in [3.8, 4) is 11.3 Å². The number of fused-ring (bicyclic) bond motifs is 1. The molecule has 1 N–H and O–H groups in total. The average molecular weight is 419 g/mol. The molecule has 0 saturated carbocycles. The number of carbonyl (C=O) groups excluding carboxylic acids is 1. The number of piperazine rings is 1. The summed E-state index contributed by atoms with van der Waals surface area (Å²) in [4.78, 5) is 26.0. The predicted octanol–water partition coefficient (Wildman–Crippen LogP) is 4.00. The Bertz CT molecular complexity index is 1090. The molecular weight excluding hydrogens is 388 g/mol. The standard InChI is InChI=1S/C25H30N4O2/c1-25(11-5-6-14-31-25)24(30)29-13-12-28(2)17-22(29)23-26-16-21(27-23)20-10-9-18-7-3-4-8-19(18)15-20/h3-4,7-10,15-16,22H,5-6,11-14,17H2,1-2H3,(H,26,27). The molecule has 2 fully saturated rings. The first-order chi connectivity index (χ1) is 15.0. The summed E-state index contributed by atoms with van der Waals surface area (Å²) < 4.78 is 5.97. The van der Waals surface area contributed by atoms with E-state index in [1.165, 1.54) is 10.8 Å². The Morgan fingerprint density at radius 2 is 2.00 bits per heavy atom. The highest BCUT2D eigenvalue weighted by Gasteiger charge is 2.43. The monoisotopic (exact) mass is 418 g/mol. The molecule has 1 aromatic heterocycles. The average Bonchev–Trinajstić information content (AvgIpc) is 3.29. The van der Waals surface area contributed by atoms with Gasteiger partial charge in [-0.3, -0.25) is 4.79 Å². The van der Waals surface area contributed by atoms with E-state index >= 15 is 0 Å². The molecule has 5 rings (SSSR count). The van der Waals surface area contributed by atoms with Crippen molar-refractivity contribution in [2.75, 3.05) is 33.3 Å². The maximum absolute atomic E-state index is 13.5. The fraction of sp³-hybridized carbons (Fsp3) is 0.440. The topological polar surface area (TPSA) is 61.5 Å². The molecule has 0 bridgehead atoms. The molecule has 3 heterocycles. The fourth-order valence-electron chi connectivity index (χ4n) is 4.81. The number of carbonyl (C=O) groups is 1. The Kier molecular flexibility index (Phi) is 5.28. The highest BCUT2D eigenvalue weighted by atomic mass is 16.5. The van der Waals surface area contributed by atoms with Crippen LogP contribution in [0.4, 0.5) is 0 Å². The molecule has 2 aliphatic rings. The van der Waals surface area contributed by atoms with Crippen LogP contribution in [0.2, 0.25) is 0 Å². The maximum Gasteiger partial charge on any atom is 0.255 e. The number of nitrogens with zero attached hydrogens (tertiary/aromatic N) is 3. The lowest BCUT2D eigenvalue weighted by Gasteiger charge is -2.44. The van der Waals surface area contributed by atoms with Gasteiger partial charge in [0.25, 0.3) is 5.91 Å². The second-order valence-electron chi connectivity index (χ2n) is 9.06. The van der Waals surface area contributed by atoms with Crippen LogP contribution in [0, 0.1) is 0 Å². The van der Waals surface area contributed by atoms with Gasteiger partial charge in [0.2, 0.25) is 0 Å². The molecule has 0 spiro atoms. The molecule has 3 aromatic rings. The van der Waals surface area contributed by atoms with Crippen molar-refractivity contribution < 1.29 is 9.53 Å². The summed E-state index contributed by atoms with van der Waals surface area (Å²) in [5.74, 6) is 0.927. The van der Waals surface area contributed by atoms with Crippen LogP contribution in [-0.2, 0) is 9.53 Å². The zero-order valence-corrected chi connectivity index (χ0v) is 18.3. The Morgan fingerprint density at radius 1 is 1.16 bits per heavy atom. The highest BCUT2D eigenvalue weighted by Crippen LogP contribution is 2.33. The second kappa shape index (κ2) is 8.09. The number of amides is 1. The van der Waals surface area contributed by atoms with Crippen molar-refractivity contribution >= 4 is 16.7 Å². The van der Waals surface area contributed by atoms with Gasteiger partial charge >= 0.3 is 0 Å². The number of benzene rings is 2. The molecule has 0 aliphatic carbocycles. The van der Waals surface area contributed by atoms with Gasteiger partial charge in [-0.05, 0) is 50.1 Å². The smallest absolute Gasteiger partial charge is 0.255 e. The van der Waals surface area contributed by atoms with Crippen LogP contribution in [0.5, 0.6) is 0 Å². The third-order valence-electron chi connectivity index (χ3n) is 6.74. The number of aromatic amines is 1. The van der Waals surface area contributed by atoms with Crippen LogP contribution in [0.15, 0.2) is 48.7 Å². The number of nitrogens with one attached hydrogen (secondary N) is 1. The van der Waals surface area contributed by atoms with Crippen LogP contribution in [0.25, 0.3) is 22.0 Å². The maximum atomic E-state index is 13.5. The van der Waals surface area contributed by atoms with Gasteiger partial charge in [0, 0.05) is 31.8 Å². The van der Waals surface area contributed by atoms with Crippen molar-refractivity contribution in [2.45, 2.75) is 37.8 Å². The van der Waals surface area contributed by atoms with Crippen molar-refractivity contribution in [2.24, 2.45) is 0 Å². The Labute approximate surface area is 183 Å². The van der Waals surface area contributed by atoms with Crippen molar-refractivity contribution in [3.63, 3.8) is 0 Å². The van der Waals surface area contributed by atoms with E-state index in [0.29, 0.717) is 13.2 Å². The number of rotatable bonds is 3. The third-order valence-corrected chi connectivity index (χ3v) is 6.74. The summed E-state index contributed by atoms with van der Waals surface area (Å²) >= 11 is 0. The summed E-state index contributed by atoms with van der Waals surface area (Å²) in [6, 6.07) is 14.7. The first kappa shape index (κ1) is 20.2. The molecule has 2 saturated heterocycles. The molecule has 2 aliphatic heterocycles. The molecule has 2 atom stereocenters. The number of H-pyrrole nitrogens is 1. The number of aromatic nitrogens is 2. The molecule has 2 aromatic carbocycles. The molecule has 1 amide bonds. The largest absolute Gasteiger partial charge is 0.365 e. The van der Waals surface area contributed by atoms with Gasteiger partial charge in [-0.2, -0.15) is 0 Å².